The molecule has 0 fully saturated rings. The summed E-state index contributed by atoms with van der Waals surface area (Å²) in [5.74, 6) is -0.847. The van der Waals surface area contributed by atoms with Crippen LogP contribution in [0.15, 0.2) is 12.2 Å². The minimum absolute atomic E-state index is 0.0538. The monoisotopic (exact) mass is 661 g/mol. The van der Waals surface area contributed by atoms with Gasteiger partial charge < -0.3 is 20.1 Å². The Morgan fingerprint density at radius 2 is 1.09 bits per heavy atom. The molecular formula is C35H68NO8P. The summed E-state index contributed by atoms with van der Waals surface area (Å²) in [6.07, 6.45) is 29.6. The van der Waals surface area contributed by atoms with Gasteiger partial charge in [0, 0.05) is 19.4 Å². The van der Waals surface area contributed by atoms with Gasteiger partial charge in [0.1, 0.15) is 6.61 Å². The zero-order chi connectivity index (χ0) is 33.3. The van der Waals surface area contributed by atoms with E-state index in [1.54, 1.807) is 0 Å². The van der Waals surface area contributed by atoms with E-state index in [1.807, 2.05) is 0 Å². The summed E-state index contributed by atoms with van der Waals surface area (Å²) in [5, 5.41) is 0. The molecule has 3 N–H and O–H groups in total. The molecule has 266 valence electrons. The highest BCUT2D eigenvalue weighted by atomic mass is 31.2. The van der Waals surface area contributed by atoms with Gasteiger partial charge >= 0.3 is 19.8 Å². The summed E-state index contributed by atoms with van der Waals surface area (Å²) in [6, 6.07) is 0. The number of unbranched alkanes of at least 4 members (excludes halogenated alkanes) is 19. The fourth-order valence-corrected chi connectivity index (χ4v) is 5.69. The first-order valence-corrected chi connectivity index (χ1v) is 19.7. The van der Waals surface area contributed by atoms with Gasteiger partial charge in [0.2, 0.25) is 0 Å². The molecule has 0 aromatic carbocycles. The average Bonchev–Trinajstić information content (AvgIpc) is 3.02. The van der Waals surface area contributed by atoms with E-state index in [9.17, 15) is 19.0 Å². The SMILES string of the molecule is CCCCCCCCCC/C=C/CCCCCC(=O)OC[C@@H](COP(=O)(O)OCCN)OC(=O)CCCCCCCCCCC. The maximum atomic E-state index is 12.4. The number of allylic oxidation sites excluding steroid dienone is 2. The molecule has 0 saturated heterocycles. The minimum Gasteiger partial charge on any atom is -0.462 e. The Morgan fingerprint density at radius 3 is 1.60 bits per heavy atom. The molecule has 0 radical (unpaired) electrons. The topological polar surface area (TPSA) is 134 Å². The number of ether oxygens (including phenoxy) is 2. The number of esters is 2. The summed E-state index contributed by atoms with van der Waals surface area (Å²) in [7, 11) is -4.36. The van der Waals surface area contributed by atoms with Crippen molar-refractivity contribution in [3.8, 4) is 0 Å². The number of phosphoric acid groups is 1. The van der Waals surface area contributed by atoms with Gasteiger partial charge in [0.15, 0.2) is 6.10 Å². The van der Waals surface area contributed by atoms with Crippen molar-refractivity contribution in [2.24, 2.45) is 5.73 Å². The van der Waals surface area contributed by atoms with Crippen LogP contribution in [0.1, 0.15) is 168 Å². The lowest BCUT2D eigenvalue weighted by Gasteiger charge is -2.19. The molecule has 0 rings (SSSR count). The Balaban J connectivity index is 4.22. The lowest BCUT2D eigenvalue weighted by molar-refractivity contribution is -0.161. The van der Waals surface area contributed by atoms with Crippen LogP contribution < -0.4 is 5.73 Å². The van der Waals surface area contributed by atoms with Gasteiger partial charge in [-0.3, -0.25) is 18.6 Å². The summed E-state index contributed by atoms with van der Waals surface area (Å²) in [4.78, 5) is 34.5. The van der Waals surface area contributed by atoms with Crippen LogP contribution in [0, 0.1) is 0 Å². The molecular weight excluding hydrogens is 593 g/mol. The van der Waals surface area contributed by atoms with Crippen molar-refractivity contribution in [2.45, 2.75) is 174 Å². The largest absolute Gasteiger partial charge is 0.472 e. The summed E-state index contributed by atoms with van der Waals surface area (Å²) < 4.78 is 32.5. The Kier molecular flexibility index (Phi) is 31.8. The van der Waals surface area contributed by atoms with Crippen molar-refractivity contribution in [1.29, 1.82) is 0 Å². The van der Waals surface area contributed by atoms with E-state index in [-0.39, 0.29) is 32.6 Å². The molecule has 0 heterocycles. The highest BCUT2D eigenvalue weighted by Crippen LogP contribution is 2.43. The predicted molar refractivity (Wildman–Crippen MR) is 183 cm³/mol. The van der Waals surface area contributed by atoms with Crippen molar-refractivity contribution < 1.29 is 37.6 Å². The fraction of sp³-hybridized carbons (Fsp3) is 0.886. The maximum absolute atomic E-state index is 12.4. The molecule has 0 aromatic rings. The number of carbonyl (C=O) groups is 2. The number of phosphoric ester groups is 1. The molecule has 10 heteroatoms. The minimum atomic E-state index is -4.36. The predicted octanol–water partition coefficient (Wildman–Crippen LogP) is 9.49. The Bertz CT molecular complexity index is 764. The molecule has 2 atom stereocenters. The highest BCUT2D eigenvalue weighted by molar-refractivity contribution is 7.47. The zero-order valence-electron chi connectivity index (χ0n) is 28.9. The first-order chi connectivity index (χ1) is 21.8. The van der Waals surface area contributed by atoms with Crippen LogP contribution in [0.3, 0.4) is 0 Å². The Hall–Kier alpha value is -1.25. The molecule has 45 heavy (non-hydrogen) atoms. The Labute approximate surface area is 275 Å². The molecule has 0 aliphatic carbocycles. The third-order valence-electron chi connectivity index (χ3n) is 7.65. The van der Waals surface area contributed by atoms with Crippen LogP contribution in [0.5, 0.6) is 0 Å². The van der Waals surface area contributed by atoms with Crippen molar-refractivity contribution >= 4 is 19.8 Å². The summed E-state index contributed by atoms with van der Waals surface area (Å²) in [6.45, 7) is 3.68. The standard InChI is InChI=1S/C35H68NO8P/c1-3-5-7-9-11-13-14-15-16-17-18-20-21-23-25-27-34(37)41-31-33(32-43-45(39,40)42-30-29-36)44-35(38)28-26-24-22-19-12-10-8-6-4-2/h17-18,33H,3-16,19-32,36H2,1-2H3,(H,39,40)/b18-17+/t33-/m0/s1. The summed E-state index contributed by atoms with van der Waals surface area (Å²) in [5.41, 5.74) is 5.31. The van der Waals surface area contributed by atoms with Gasteiger partial charge in [0.05, 0.1) is 13.2 Å². The van der Waals surface area contributed by atoms with E-state index >= 15 is 0 Å². The van der Waals surface area contributed by atoms with Crippen molar-refractivity contribution in [3.05, 3.63) is 12.2 Å². The second-order valence-electron chi connectivity index (χ2n) is 12.1. The van der Waals surface area contributed by atoms with Gasteiger partial charge in [-0.25, -0.2) is 4.57 Å². The van der Waals surface area contributed by atoms with Crippen LogP contribution in [0.25, 0.3) is 0 Å². The van der Waals surface area contributed by atoms with Gasteiger partial charge in [-0.15, -0.1) is 0 Å². The number of nitrogens with two attached hydrogens (primary N) is 1. The molecule has 0 aliphatic heterocycles. The zero-order valence-corrected chi connectivity index (χ0v) is 29.8. The van der Waals surface area contributed by atoms with E-state index < -0.39 is 32.5 Å². The average molecular weight is 662 g/mol. The fourth-order valence-electron chi connectivity index (χ4n) is 4.92. The second-order valence-corrected chi connectivity index (χ2v) is 13.5. The third-order valence-corrected chi connectivity index (χ3v) is 8.64. The van der Waals surface area contributed by atoms with E-state index in [1.165, 1.54) is 83.5 Å². The molecule has 0 bridgehead atoms. The van der Waals surface area contributed by atoms with Crippen LogP contribution in [0.2, 0.25) is 0 Å². The van der Waals surface area contributed by atoms with Gasteiger partial charge in [-0.2, -0.15) is 0 Å². The lowest BCUT2D eigenvalue weighted by atomic mass is 10.1. The van der Waals surface area contributed by atoms with Gasteiger partial charge in [0.25, 0.3) is 0 Å². The Morgan fingerprint density at radius 1 is 0.644 bits per heavy atom. The van der Waals surface area contributed by atoms with E-state index in [4.69, 9.17) is 24.3 Å². The van der Waals surface area contributed by atoms with E-state index in [2.05, 4.69) is 26.0 Å². The number of hydrogen-bond donors (Lipinski definition) is 2. The van der Waals surface area contributed by atoms with Crippen molar-refractivity contribution in [3.63, 3.8) is 0 Å². The van der Waals surface area contributed by atoms with Crippen molar-refractivity contribution in [1.82, 2.24) is 0 Å². The highest BCUT2D eigenvalue weighted by Gasteiger charge is 2.25. The molecule has 0 amide bonds. The molecule has 1 unspecified atom stereocenters. The summed E-state index contributed by atoms with van der Waals surface area (Å²) >= 11 is 0. The maximum Gasteiger partial charge on any atom is 0.472 e. The van der Waals surface area contributed by atoms with E-state index in [0.717, 1.165) is 44.9 Å². The normalized spacial score (nSPS) is 13.6. The van der Waals surface area contributed by atoms with Crippen LogP contribution in [0.4, 0.5) is 0 Å². The molecule has 0 saturated carbocycles. The molecule has 9 nitrogen and oxygen atoms in total. The number of rotatable bonds is 34. The lowest BCUT2D eigenvalue weighted by Crippen LogP contribution is -2.29. The molecule has 0 aromatic heterocycles. The van der Waals surface area contributed by atoms with Crippen molar-refractivity contribution in [2.75, 3.05) is 26.4 Å². The van der Waals surface area contributed by atoms with Crippen LogP contribution >= 0.6 is 7.82 Å². The number of hydrogen-bond acceptors (Lipinski definition) is 8. The second kappa shape index (κ2) is 32.7. The van der Waals surface area contributed by atoms with Gasteiger partial charge in [-0.1, -0.05) is 129 Å². The number of carbonyl (C=O) groups excluding carboxylic acids is 2. The van der Waals surface area contributed by atoms with E-state index in [0.29, 0.717) is 12.8 Å². The first-order valence-electron chi connectivity index (χ1n) is 18.2. The van der Waals surface area contributed by atoms with Gasteiger partial charge in [-0.05, 0) is 38.5 Å². The molecule has 0 aliphatic rings. The quantitative estimate of drug-likeness (QED) is 0.0299. The third kappa shape index (κ3) is 32.5. The smallest absolute Gasteiger partial charge is 0.462 e. The van der Waals surface area contributed by atoms with Crippen LogP contribution in [-0.2, 0) is 32.7 Å². The first kappa shape index (κ1) is 43.8. The van der Waals surface area contributed by atoms with Crippen LogP contribution in [-0.4, -0.2) is 49.3 Å². The molecule has 0 spiro atoms.